The van der Waals surface area contributed by atoms with Gasteiger partial charge in [0.15, 0.2) is 5.82 Å². The molecule has 90 valence electrons. The molecule has 0 fully saturated rings. The molecule has 1 rings (SSSR count). The molecular weight excluding hydrogens is 228 g/mol. The Kier molecular flexibility index (Phi) is 5.28. The quantitative estimate of drug-likeness (QED) is 0.711. The second-order valence-electron chi connectivity index (χ2n) is 3.55. The van der Waals surface area contributed by atoms with E-state index in [1.54, 1.807) is 6.92 Å². The Morgan fingerprint density at radius 2 is 2.25 bits per heavy atom. The molecule has 0 radical (unpaired) electrons. The van der Waals surface area contributed by atoms with Crippen LogP contribution in [-0.4, -0.2) is 34.3 Å². The number of aliphatic hydroxyl groups is 1. The van der Waals surface area contributed by atoms with E-state index in [0.717, 1.165) is 13.0 Å². The largest absolute Gasteiger partial charge is 0.392 e. The van der Waals surface area contributed by atoms with Crippen molar-refractivity contribution in [1.82, 2.24) is 9.97 Å². The molecule has 0 aliphatic heterocycles. The number of nitrogens with zero attached hydrogens (tertiary/aromatic N) is 2. The molecule has 1 atom stereocenters. The van der Waals surface area contributed by atoms with E-state index in [1.807, 2.05) is 0 Å². The zero-order chi connectivity index (χ0) is 12.0. The lowest BCUT2D eigenvalue weighted by atomic mass is 10.4. The van der Waals surface area contributed by atoms with Gasteiger partial charge in [-0.25, -0.2) is 4.98 Å². The van der Waals surface area contributed by atoms with Gasteiger partial charge in [0.25, 0.3) is 0 Å². The molecule has 16 heavy (non-hydrogen) atoms. The van der Waals surface area contributed by atoms with E-state index in [0.29, 0.717) is 23.3 Å². The molecule has 1 aromatic heterocycles. The Balaban J connectivity index is 2.66. The highest BCUT2D eigenvalue weighted by Crippen LogP contribution is 2.19. The summed E-state index contributed by atoms with van der Waals surface area (Å²) in [6.45, 7) is 4.98. The number of halogens is 1. The van der Waals surface area contributed by atoms with E-state index in [9.17, 15) is 0 Å². The van der Waals surface area contributed by atoms with Crippen molar-refractivity contribution in [3.8, 4) is 0 Å². The van der Waals surface area contributed by atoms with Crippen LogP contribution in [0.15, 0.2) is 6.20 Å². The summed E-state index contributed by atoms with van der Waals surface area (Å²) in [6.07, 6.45) is 2.09. The predicted molar refractivity (Wildman–Crippen MR) is 66.0 cm³/mol. The Morgan fingerprint density at radius 1 is 1.50 bits per heavy atom. The Hall–Kier alpha value is -1.07. The fourth-order valence-corrected chi connectivity index (χ4v) is 1.22. The molecule has 5 nitrogen and oxygen atoms in total. The minimum Gasteiger partial charge on any atom is -0.392 e. The van der Waals surface area contributed by atoms with Crippen molar-refractivity contribution >= 4 is 23.4 Å². The molecule has 1 aromatic rings. The summed E-state index contributed by atoms with van der Waals surface area (Å²) in [5, 5.41) is 15.6. The first-order valence-corrected chi connectivity index (χ1v) is 5.69. The molecule has 0 saturated carbocycles. The molecule has 0 bridgehead atoms. The van der Waals surface area contributed by atoms with Crippen LogP contribution in [0.4, 0.5) is 11.8 Å². The lowest BCUT2D eigenvalue weighted by molar-refractivity contribution is 0.208. The molecule has 1 heterocycles. The number of hydrogen-bond donors (Lipinski definition) is 3. The van der Waals surface area contributed by atoms with Crippen LogP contribution in [0.3, 0.4) is 0 Å². The third kappa shape index (κ3) is 4.20. The average molecular weight is 245 g/mol. The van der Waals surface area contributed by atoms with E-state index in [1.165, 1.54) is 6.20 Å². The molecule has 6 heteroatoms. The molecule has 0 aliphatic rings. The monoisotopic (exact) mass is 244 g/mol. The lowest BCUT2D eigenvalue weighted by Gasteiger charge is -2.10. The van der Waals surface area contributed by atoms with E-state index in [2.05, 4.69) is 27.5 Å². The molecular formula is C10H17ClN4O. The van der Waals surface area contributed by atoms with Crippen molar-refractivity contribution in [2.75, 3.05) is 23.7 Å². The van der Waals surface area contributed by atoms with Gasteiger partial charge in [-0.05, 0) is 13.3 Å². The van der Waals surface area contributed by atoms with Crippen LogP contribution in [0.5, 0.6) is 0 Å². The summed E-state index contributed by atoms with van der Waals surface area (Å²) in [4.78, 5) is 8.25. The van der Waals surface area contributed by atoms with Gasteiger partial charge < -0.3 is 15.7 Å². The second-order valence-corrected chi connectivity index (χ2v) is 3.95. The van der Waals surface area contributed by atoms with Gasteiger partial charge in [0.05, 0.1) is 12.3 Å². The van der Waals surface area contributed by atoms with Crippen molar-refractivity contribution in [3.63, 3.8) is 0 Å². The number of aliphatic hydroxyl groups excluding tert-OH is 1. The molecule has 0 saturated heterocycles. The molecule has 1 unspecified atom stereocenters. The summed E-state index contributed by atoms with van der Waals surface area (Å²) in [5.41, 5.74) is 0. The molecule has 0 aliphatic carbocycles. The third-order valence-electron chi connectivity index (χ3n) is 1.84. The first kappa shape index (κ1) is 13.0. The fourth-order valence-electron chi connectivity index (χ4n) is 1.06. The van der Waals surface area contributed by atoms with Gasteiger partial charge in [-0.2, -0.15) is 4.98 Å². The van der Waals surface area contributed by atoms with Crippen molar-refractivity contribution in [2.45, 2.75) is 26.4 Å². The van der Waals surface area contributed by atoms with Gasteiger partial charge in [-0.1, -0.05) is 18.5 Å². The topological polar surface area (TPSA) is 70.1 Å². The van der Waals surface area contributed by atoms with Crippen molar-refractivity contribution in [1.29, 1.82) is 0 Å². The maximum Gasteiger partial charge on any atom is 0.224 e. The first-order chi connectivity index (χ1) is 7.63. The SMILES string of the molecule is CCCNc1ncc(Cl)c(NCC(C)O)n1. The second kappa shape index (κ2) is 6.50. The van der Waals surface area contributed by atoms with E-state index >= 15 is 0 Å². The van der Waals surface area contributed by atoms with E-state index in [-0.39, 0.29) is 0 Å². The number of rotatable bonds is 6. The first-order valence-electron chi connectivity index (χ1n) is 5.31. The zero-order valence-electron chi connectivity index (χ0n) is 9.50. The Bertz CT molecular complexity index is 333. The van der Waals surface area contributed by atoms with Gasteiger partial charge in [0.1, 0.15) is 5.02 Å². The highest BCUT2D eigenvalue weighted by atomic mass is 35.5. The van der Waals surface area contributed by atoms with Crippen LogP contribution in [0, 0.1) is 0 Å². The number of hydrogen-bond acceptors (Lipinski definition) is 5. The standard InChI is InChI=1S/C10H17ClN4O/c1-3-4-12-10-14-6-8(11)9(15-10)13-5-7(2)16/h6-7,16H,3-5H2,1-2H3,(H2,12,13,14,15). The van der Waals surface area contributed by atoms with E-state index < -0.39 is 6.10 Å². The smallest absolute Gasteiger partial charge is 0.224 e. The van der Waals surface area contributed by atoms with Crippen molar-refractivity contribution in [3.05, 3.63) is 11.2 Å². The lowest BCUT2D eigenvalue weighted by Crippen LogP contribution is -2.17. The highest BCUT2D eigenvalue weighted by molar-refractivity contribution is 6.32. The van der Waals surface area contributed by atoms with Gasteiger partial charge in [-0.15, -0.1) is 0 Å². The summed E-state index contributed by atoms with van der Waals surface area (Å²) < 4.78 is 0. The summed E-state index contributed by atoms with van der Waals surface area (Å²) in [5.74, 6) is 1.08. The molecule has 0 spiro atoms. The summed E-state index contributed by atoms with van der Waals surface area (Å²) in [7, 11) is 0. The van der Waals surface area contributed by atoms with Crippen LogP contribution in [0.2, 0.25) is 5.02 Å². The average Bonchev–Trinajstić information content (AvgIpc) is 2.26. The maximum atomic E-state index is 9.15. The minimum atomic E-state index is -0.446. The van der Waals surface area contributed by atoms with Gasteiger partial charge in [0, 0.05) is 13.1 Å². The predicted octanol–water partition coefficient (Wildman–Crippen LogP) is 1.74. The highest BCUT2D eigenvalue weighted by Gasteiger charge is 2.05. The number of anilines is 2. The maximum absolute atomic E-state index is 9.15. The minimum absolute atomic E-state index is 0.407. The van der Waals surface area contributed by atoms with Crippen LogP contribution < -0.4 is 10.6 Å². The van der Waals surface area contributed by atoms with Crippen LogP contribution in [-0.2, 0) is 0 Å². The van der Waals surface area contributed by atoms with Gasteiger partial charge in [-0.3, -0.25) is 0 Å². The normalized spacial score (nSPS) is 12.2. The van der Waals surface area contributed by atoms with E-state index in [4.69, 9.17) is 16.7 Å². The van der Waals surface area contributed by atoms with Gasteiger partial charge in [0.2, 0.25) is 5.95 Å². The van der Waals surface area contributed by atoms with Crippen LogP contribution in [0.1, 0.15) is 20.3 Å². The number of aromatic nitrogens is 2. The Morgan fingerprint density at radius 3 is 2.88 bits per heavy atom. The summed E-state index contributed by atoms with van der Waals surface area (Å²) in [6, 6.07) is 0. The Labute approximate surface area is 100 Å². The molecule has 0 aromatic carbocycles. The van der Waals surface area contributed by atoms with Gasteiger partial charge >= 0.3 is 0 Å². The molecule has 3 N–H and O–H groups in total. The number of nitrogens with one attached hydrogen (secondary N) is 2. The third-order valence-corrected chi connectivity index (χ3v) is 2.12. The fraction of sp³-hybridized carbons (Fsp3) is 0.600. The van der Waals surface area contributed by atoms with Crippen molar-refractivity contribution < 1.29 is 5.11 Å². The zero-order valence-corrected chi connectivity index (χ0v) is 10.3. The van der Waals surface area contributed by atoms with Crippen LogP contribution >= 0.6 is 11.6 Å². The summed E-state index contributed by atoms with van der Waals surface area (Å²) >= 11 is 5.92. The van der Waals surface area contributed by atoms with Crippen molar-refractivity contribution in [2.24, 2.45) is 0 Å². The van der Waals surface area contributed by atoms with Crippen LogP contribution in [0.25, 0.3) is 0 Å². The molecule has 0 amide bonds.